The second-order valence-corrected chi connectivity index (χ2v) is 3.09. The van der Waals surface area contributed by atoms with Gasteiger partial charge in [-0.3, -0.25) is 9.48 Å². The zero-order valence-electron chi connectivity index (χ0n) is 8.10. The molecule has 5 nitrogen and oxygen atoms in total. The van der Waals surface area contributed by atoms with Crippen LogP contribution in [-0.4, -0.2) is 27.1 Å². The Morgan fingerprint density at radius 3 is 2.79 bits per heavy atom. The number of hydrogen-bond donors (Lipinski definition) is 1. The van der Waals surface area contributed by atoms with Gasteiger partial charge in [-0.25, -0.2) is 4.79 Å². The highest BCUT2D eigenvalue weighted by Crippen LogP contribution is 2.12. The van der Waals surface area contributed by atoms with Gasteiger partial charge in [0.25, 0.3) is 0 Å². The minimum atomic E-state index is -1.17. The van der Waals surface area contributed by atoms with Crippen molar-refractivity contribution in [1.29, 1.82) is 0 Å². The van der Waals surface area contributed by atoms with Gasteiger partial charge in [0, 0.05) is 12.2 Å². The number of hydrogen-bond acceptors (Lipinski definition) is 3. The molecule has 1 heterocycles. The smallest absolute Gasteiger partial charge is 0.357 e. The van der Waals surface area contributed by atoms with Crippen molar-refractivity contribution < 1.29 is 14.7 Å². The summed E-state index contributed by atoms with van der Waals surface area (Å²) in [5, 5.41) is 12.6. The van der Waals surface area contributed by atoms with Crippen LogP contribution in [-0.2, 0) is 0 Å². The fourth-order valence-electron chi connectivity index (χ4n) is 1.07. The molecule has 0 unspecified atom stereocenters. The lowest BCUT2D eigenvalue weighted by atomic mass is 10.2. The summed E-state index contributed by atoms with van der Waals surface area (Å²) in [6.45, 7) is 3.88. The summed E-state index contributed by atoms with van der Waals surface area (Å²) in [7, 11) is 0. The van der Waals surface area contributed by atoms with E-state index in [2.05, 4.69) is 5.10 Å². The number of carbonyl (C=O) groups is 2. The molecule has 0 saturated heterocycles. The van der Waals surface area contributed by atoms with Crippen LogP contribution in [0, 0.1) is 0 Å². The number of aromatic nitrogens is 2. The van der Waals surface area contributed by atoms with Gasteiger partial charge in [0.2, 0.25) is 0 Å². The molecule has 5 heteroatoms. The Hall–Kier alpha value is -1.65. The average Bonchev–Trinajstić information content (AvgIpc) is 2.60. The molecule has 0 amide bonds. The molecule has 0 aliphatic carbocycles. The molecule has 0 saturated carbocycles. The summed E-state index contributed by atoms with van der Waals surface area (Å²) in [5.74, 6) is -1.17. The van der Waals surface area contributed by atoms with Gasteiger partial charge in [-0.05, 0) is 13.3 Å². The van der Waals surface area contributed by atoms with E-state index >= 15 is 0 Å². The average molecular weight is 196 g/mol. The summed E-state index contributed by atoms with van der Waals surface area (Å²) in [4.78, 5) is 21.2. The first-order valence-electron chi connectivity index (χ1n) is 4.37. The van der Waals surface area contributed by atoms with E-state index in [0.29, 0.717) is 6.29 Å². The van der Waals surface area contributed by atoms with Gasteiger partial charge in [0.05, 0.1) is 5.56 Å². The molecule has 1 atom stereocenters. The highest BCUT2D eigenvalue weighted by atomic mass is 16.4. The lowest BCUT2D eigenvalue weighted by Gasteiger charge is -2.07. The predicted molar refractivity (Wildman–Crippen MR) is 49.6 cm³/mol. The topological polar surface area (TPSA) is 72.2 Å². The third-order valence-electron chi connectivity index (χ3n) is 2.13. The van der Waals surface area contributed by atoms with Crippen LogP contribution in [0.15, 0.2) is 6.20 Å². The van der Waals surface area contributed by atoms with E-state index in [9.17, 15) is 9.59 Å². The van der Waals surface area contributed by atoms with Crippen molar-refractivity contribution in [3.63, 3.8) is 0 Å². The van der Waals surface area contributed by atoms with Crippen molar-refractivity contribution in [3.05, 3.63) is 17.5 Å². The molecule has 1 N–H and O–H groups in total. The number of nitrogens with zero attached hydrogens (tertiary/aromatic N) is 2. The van der Waals surface area contributed by atoms with Crippen LogP contribution in [0.2, 0.25) is 0 Å². The normalized spacial score (nSPS) is 12.4. The number of carbonyl (C=O) groups excluding carboxylic acids is 1. The molecular formula is C9H12N2O3. The Morgan fingerprint density at radius 1 is 1.79 bits per heavy atom. The predicted octanol–water partition coefficient (Wildman–Crippen LogP) is 1.36. The molecule has 0 bridgehead atoms. The van der Waals surface area contributed by atoms with Gasteiger partial charge in [0.15, 0.2) is 12.0 Å². The maximum Gasteiger partial charge on any atom is 0.357 e. The number of carboxylic acids is 1. The van der Waals surface area contributed by atoms with Crippen molar-refractivity contribution in [1.82, 2.24) is 9.78 Å². The molecule has 1 aromatic heterocycles. The van der Waals surface area contributed by atoms with Crippen molar-refractivity contribution in [3.8, 4) is 0 Å². The molecule has 76 valence electrons. The summed E-state index contributed by atoms with van der Waals surface area (Å²) in [6.07, 6.45) is 2.80. The summed E-state index contributed by atoms with van der Waals surface area (Å²) >= 11 is 0. The van der Waals surface area contributed by atoms with Crippen molar-refractivity contribution in [2.24, 2.45) is 0 Å². The van der Waals surface area contributed by atoms with Gasteiger partial charge in [-0.1, -0.05) is 6.92 Å². The van der Waals surface area contributed by atoms with E-state index in [0.717, 1.165) is 6.42 Å². The van der Waals surface area contributed by atoms with Crippen LogP contribution in [0.5, 0.6) is 0 Å². The molecule has 0 aromatic carbocycles. The van der Waals surface area contributed by atoms with Gasteiger partial charge in [-0.15, -0.1) is 0 Å². The maximum atomic E-state index is 10.7. The Morgan fingerprint density at radius 2 is 2.43 bits per heavy atom. The van der Waals surface area contributed by atoms with Crippen molar-refractivity contribution in [2.75, 3.05) is 0 Å². The van der Waals surface area contributed by atoms with Crippen LogP contribution in [0.4, 0.5) is 0 Å². The lowest BCUT2D eigenvalue weighted by Crippen LogP contribution is -2.06. The number of aldehydes is 1. The fourth-order valence-corrected chi connectivity index (χ4v) is 1.07. The van der Waals surface area contributed by atoms with Crippen molar-refractivity contribution in [2.45, 2.75) is 26.3 Å². The number of aromatic carboxylic acids is 1. The summed E-state index contributed by atoms with van der Waals surface area (Å²) in [5.41, 5.74) is -0.0573. The van der Waals surface area contributed by atoms with E-state index < -0.39 is 5.97 Å². The molecule has 0 fully saturated rings. The fraction of sp³-hybridized carbons (Fsp3) is 0.444. The first-order valence-corrected chi connectivity index (χ1v) is 4.37. The van der Waals surface area contributed by atoms with Crippen LogP contribution in [0.1, 0.15) is 47.2 Å². The molecule has 0 radical (unpaired) electrons. The summed E-state index contributed by atoms with van der Waals surface area (Å²) < 4.78 is 1.51. The van der Waals surface area contributed by atoms with Crippen LogP contribution in [0.3, 0.4) is 0 Å². The minimum Gasteiger partial charge on any atom is -0.476 e. The van der Waals surface area contributed by atoms with E-state index in [1.807, 2.05) is 13.8 Å². The molecule has 1 rings (SSSR count). The van der Waals surface area contributed by atoms with Gasteiger partial charge in [-0.2, -0.15) is 5.10 Å². The van der Waals surface area contributed by atoms with E-state index in [4.69, 9.17) is 5.11 Å². The minimum absolute atomic E-state index is 0.0989. The van der Waals surface area contributed by atoms with Crippen molar-refractivity contribution >= 4 is 12.3 Å². The maximum absolute atomic E-state index is 10.7. The third-order valence-corrected chi connectivity index (χ3v) is 2.13. The molecule has 1 aromatic rings. The Kier molecular flexibility index (Phi) is 3.01. The van der Waals surface area contributed by atoms with Crippen LogP contribution in [0.25, 0.3) is 0 Å². The highest BCUT2D eigenvalue weighted by molar-refractivity contribution is 5.95. The molecule has 0 spiro atoms. The zero-order chi connectivity index (χ0) is 10.7. The standard InChI is InChI=1S/C9H12N2O3/c1-3-6(2)11-4-7(5-12)8(10-11)9(13)14/h4-6H,3H2,1-2H3,(H,13,14)/t6-/m1/s1. The van der Waals surface area contributed by atoms with E-state index in [1.54, 1.807) is 0 Å². The second kappa shape index (κ2) is 4.04. The Balaban J connectivity index is 3.12. The highest BCUT2D eigenvalue weighted by Gasteiger charge is 2.16. The molecule has 0 aliphatic heterocycles. The number of carboxylic acid groups (broad SMARTS) is 1. The largest absolute Gasteiger partial charge is 0.476 e. The van der Waals surface area contributed by atoms with E-state index in [-0.39, 0.29) is 17.3 Å². The Bertz CT molecular complexity index is 357. The molecular weight excluding hydrogens is 184 g/mol. The SMILES string of the molecule is CC[C@@H](C)n1cc(C=O)c(C(=O)O)n1. The van der Waals surface area contributed by atoms with Gasteiger partial charge < -0.3 is 5.11 Å². The first-order chi connectivity index (χ1) is 6.60. The number of rotatable bonds is 4. The lowest BCUT2D eigenvalue weighted by molar-refractivity contribution is 0.0686. The van der Waals surface area contributed by atoms with E-state index in [1.165, 1.54) is 10.9 Å². The summed E-state index contributed by atoms with van der Waals surface area (Å²) in [6, 6.07) is 0.0989. The zero-order valence-corrected chi connectivity index (χ0v) is 8.10. The monoisotopic (exact) mass is 196 g/mol. The quantitative estimate of drug-likeness (QED) is 0.738. The van der Waals surface area contributed by atoms with Crippen LogP contribution >= 0.6 is 0 Å². The third kappa shape index (κ3) is 1.81. The van der Waals surface area contributed by atoms with Crippen LogP contribution < -0.4 is 0 Å². The first kappa shape index (κ1) is 10.4. The molecule has 0 aliphatic rings. The van der Waals surface area contributed by atoms with Gasteiger partial charge >= 0.3 is 5.97 Å². The Labute approximate surface area is 81.3 Å². The second-order valence-electron chi connectivity index (χ2n) is 3.09. The van der Waals surface area contributed by atoms with Gasteiger partial charge in [0.1, 0.15) is 0 Å². The molecule has 14 heavy (non-hydrogen) atoms.